The lowest BCUT2D eigenvalue weighted by atomic mass is 9.95. The molecule has 1 aromatic rings. The van der Waals surface area contributed by atoms with Gasteiger partial charge in [0, 0.05) is 29.3 Å². The zero-order valence-electron chi connectivity index (χ0n) is 14.6. The third-order valence-electron chi connectivity index (χ3n) is 3.58. The van der Waals surface area contributed by atoms with Crippen LogP contribution in [0.1, 0.15) is 39.2 Å². The van der Waals surface area contributed by atoms with E-state index in [4.69, 9.17) is 5.41 Å². The summed E-state index contributed by atoms with van der Waals surface area (Å²) in [6, 6.07) is 8.17. The average molecular weight is 312 g/mol. The molecule has 0 aliphatic carbocycles. The quantitative estimate of drug-likeness (QED) is 0.467. The Morgan fingerprint density at radius 1 is 1.30 bits per heavy atom. The van der Waals surface area contributed by atoms with Gasteiger partial charge in [0.2, 0.25) is 0 Å². The molecule has 23 heavy (non-hydrogen) atoms. The predicted molar refractivity (Wildman–Crippen MR) is 100 cm³/mol. The molecule has 1 rings (SSSR count). The molecule has 0 bridgehead atoms. The van der Waals surface area contributed by atoms with Crippen LogP contribution in [0.5, 0.6) is 0 Å². The number of allylic oxidation sites excluding steroid dienone is 4. The first-order valence-electron chi connectivity index (χ1n) is 8.12. The molecule has 0 unspecified atom stereocenters. The van der Waals surface area contributed by atoms with Gasteiger partial charge in [0.25, 0.3) is 0 Å². The van der Waals surface area contributed by atoms with E-state index < -0.39 is 0 Å². The molecule has 124 valence electrons. The van der Waals surface area contributed by atoms with Gasteiger partial charge in [-0.05, 0) is 56.9 Å². The molecule has 1 aromatic carbocycles. The third-order valence-corrected chi connectivity index (χ3v) is 3.58. The van der Waals surface area contributed by atoms with Crippen LogP contribution in [-0.2, 0) is 0 Å². The summed E-state index contributed by atoms with van der Waals surface area (Å²) in [4.78, 5) is 0. The lowest BCUT2D eigenvalue weighted by molar-refractivity contribution is 0.300. The van der Waals surface area contributed by atoms with Crippen LogP contribution in [0.15, 0.2) is 59.3 Å². The molecule has 0 fully saturated rings. The summed E-state index contributed by atoms with van der Waals surface area (Å²) in [5, 5.41) is 21.2. The zero-order chi connectivity index (χ0) is 17.2. The van der Waals surface area contributed by atoms with Gasteiger partial charge < -0.3 is 15.8 Å². The van der Waals surface area contributed by atoms with E-state index in [9.17, 15) is 5.11 Å². The van der Waals surface area contributed by atoms with Crippen molar-refractivity contribution in [1.29, 1.82) is 5.41 Å². The van der Waals surface area contributed by atoms with Gasteiger partial charge in [-0.15, -0.1) is 0 Å². The van der Waals surface area contributed by atoms with Crippen molar-refractivity contribution in [3.8, 4) is 0 Å². The number of benzene rings is 1. The molecule has 0 saturated heterocycles. The summed E-state index contributed by atoms with van der Waals surface area (Å²) in [6.45, 7) is 8.03. The standard InChI is InChI=1S/C20H28N2O/c1-5-9-16(12-13-23)20(18(21)6-2)19(7-3)22-17-11-8-10-15(4)14-17/h5,7-11,14,21-23H,6,12-13H2,1-4H3/b9-5-,19-7-,20-16+,21-18?. The Balaban J connectivity index is 3.32. The third kappa shape index (κ3) is 5.53. The number of rotatable bonds is 8. The van der Waals surface area contributed by atoms with Crippen LogP contribution in [0.4, 0.5) is 5.69 Å². The molecule has 0 heterocycles. The Morgan fingerprint density at radius 3 is 2.57 bits per heavy atom. The predicted octanol–water partition coefficient (Wildman–Crippen LogP) is 5.00. The fourth-order valence-corrected chi connectivity index (χ4v) is 2.48. The number of aliphatic hydroxyl groups is 1. The minimum absolute atomic E-state index is 0.0710. The highest BCUT2D eigenvalue weighted by molar-refractivity contribution is 6.03. The first kappa shape index (κ1) is 18.9. The molecular formula is C20H28N2O. The first-order valence-corrected chi connectivity index (χ1v) is 8.12. The van der Waals surface area contributed by atoms with Crippen molar-refractivity contribution in [1.82, 2.24) is 0 Å². The van der Waals surface area contributed by atoms with Gasteiger partial charge in [-0.2, -0.15) is 0 Å². The minimum atomic E-state index is 0.0710. The van der Waals surface area contributed by atoms with Crippen molar-refractivity contribution >= 4 is 11.4 Å². The molecule has 0 aliphatic heterocycles. The highest BCUT2D eigenvalue weighted by Crippen LogP contribution is 2.24. The SMILES string of the molecule is C\C=C/C(CCO)=C(C(=N)CC)\C(=C\C)Nc1cccc(C)c1. The number of hydrogen-bond donors (Lipinski definition) is 3. The second kappa shape index (κ2) is 9.80. The summed E-state index contributed by atoms with van der Waals surface area (Å²) >= 11 is 0. The van der Waals surface area contributed by atoms with Crippen molar-refractivity contribution in [2.75, 3.05) is 11.9 Å². The zero-order valence-corrected chi connectivity index (χ0v) is 14.6. The molecule has 0 aliphatic rings. The monoisotopic (exact) mass is 312 g/mol. The second-order valence-electron chi connectivity index (χ2n) is 5.40. The van der Waals surface area contributed by atoms with Crippen LogP contribution in [0.25, 0.3) is 0 Å². The van der Waals surface area contributed by atoms with Crippen molar-refractivity contribution in [2.24, 2.45) is 0 Å². The summed E-state index contributed by atoms with van der Waals surface area (Å²) in [5.74, 6) is 0. The number of nitrogens with one attached hydrogen (secondary N) is 2. The van der Waals surface area contributed by atoms with E-state index in [0.29, 0.717) is 18.6 Å². The van der Waals surface area contributed by atoms with E-state index in [1.807, 2.05) is 51.1 Å². The van der Waals surface area contributed by atoms with E-state index in [1.54, 1.807) is 0 Å². The van der Waals surface area contributed by atoms with E-state index in [0.717, 1.165) is 22.5 Å². The lowest BCUT2D eigenvalue weighted by Gasteiger charge is -2.19. The molecule has 3 heteroatoms. The first-order chi connectivity index (χ1) is 11.1. The molecule has 3 N–H and O–H groups in total. The maximum absolute atomic E-state index is 9.37. The molecule has 0 amide bonds. The molecule has 3 nitrogen and oxygen atoms in total. The Morgan fingerprint density at radius 2 is 2.04 bits per heavy atom. The summed E-state index contributed by atoms with van der Waals surface area (Å²) in [7, 11) is 0. The molecule has 0 saturated carbocycles. The van der Waals surface area contributed by atoms with Crippen LogP contribution in [0, 0.1) is 12.3 Å². The van der Waals surface area contributed by atoms with Crippen molar-refractivity contribution < 1.29 is 5.11 Å². The molecule has 0 spiro atoms. The minimum Gasteiger partial charge on any atom is -0.396 e. The van der Waals surface area contributed by atoms with Crippen LogP contribution < -0.4 is 5.32 Å². The van der Waals surface area contributed by atoms with E-state index in [-0.39, 0.29) is 6.61 Å². The maximum atomic E-state index is 9.37. The van der Waals surface area contributed by atoms with E-state index in [1.165, 1.54) is 5.56 Å². The van der Waals surface area contributed by atoms with E-state index in [2.05, 4.69) is 24.4 Å². The van der Waals surface area contributed by atoms with Crippen LogP contribution in [0.3, 0.4) is 0 Å². The molecule has 0 radical (unpaired) electrons. The topological polar surface area (TPSA) is 56.1 Å². The fraction of sp³-hybridized carbons (Fsp3) is 0.350. The van der Waals surface area contributed by atoms with Gasteiger partial charge in [0.05, 0.1) is 0 Å². The molecule has 0 atom stereocenters. The number of aryl methyl sites for hydroxylation is 1. The smallest absolute Gasteiger partial charge is 0.0471 e. The summed E-state index contributed by atoms with van der Waals surface area (Å²) < 4.78 is 0. The number of aliphatic hydroxyl groups excluding tert-OH is 1. The van der Waals surface area contributed by atoms with Gasteiger partial charge in [-0.25, -0.2) is 0 Å². The van der Waals surface area contributed by atoms with Gasteiger partial charge in [0.1, 0.15) is 0 Å². The maximum Gasteiger partial charge on any atom is 0.0471 e. The molecular weight excluding hydrogens is 284 g/mol. The van der Waals surface area contributed by atoms with Gasteiger partial charge in [-0.1, -0.05) is 37.3 Å². The number of anilines is 1. The van der Waals surface area contributed by atoms with Crippen LogP contribution in [0.2, 0.25) is 0 Å². The van der Waals surface area contributed by atoms with Gasteiger partial charge in [-0.3, -0.25) is 0 Å². The average Bonchev–Trinajstić information content (AvgIpc) is 2.54. The molecule has 0 aromatic heterocycles. The van der Waals surface area contributed by atoms with Gasteiger partial charge >= 0.3 is 0 Å². The van der Waals surface area contributed by atoms with Crippen molar-refractivity contribution in [2.45, 2.75) is 40.5 Å². The Kier molecular flexibility index (Phi) is 8.06. The Labute approximate surface area is 140 Å². The fourth-order valence-electron chi connectivity index (χ4n) is 2.48. The summed E-state index contributed by atoms with van der Waals surface area (Å²) in [6.07, 6.45) is 7.11. The number of hydrogen-bond acceptors (Lipinski definition) is 3. The summed E-state index contributed by atoms with van der Waals surface area (Å²) in [5.41, 5.74) is 5.52. The second-order valence-corrected chi connectivity index (χ2v) is 5.40. The van der Waals surface area contributed by atoms with E-state index >= 15 is 0 Å². The van der Waals surface area contributed by atoms with Crippen LogP contribution in [-0.4, -0.2) is 17.4 Å². The van der Waals surface area contributed by atoms with Gasteiger partial charge in [0.15, 0.2) is 0 Å². The lowest BCUT2D eigenvalue weighted by Crippen LogP contribution is -2.13. The van der Waals surface area contributed by atoms with Crippen LogP contribution >= 0.6 is 0 Å². The van der Waals surface area contributed by atoms with Crippen molar-refractivity contribution in [3.63, 3.8) is 0 Å². The highest BCUT2D eigenvalue weighted by atomic mass is 16.2. The largest absolute Gasteiger partial charge is 0.396 e. The normalized spacial score (nSPS) is 13.2. The Hall–Kier alpha value is -2.13. The highest BCUT2D eigenvalue weighted by Gasteiger charge is 2.14. The Bertz CT molecular complexity index is 624. The van der Waals surface area contributed by atoms with Crippen molar-refractivity contribution in [3.05, 3.63) is 64.9 Å².